The summed E-state index contributed by atoms with van der Waals surface area (Å²) in [5.41, 5.74) is 3.76. The maximum absolute atomic E-state index is 11.4. The average molecular weight is 485 g/mol. The second-order valence-corrected chi connectivity index (χ2v) is 11.1. The van der Waals surface area contributed by atoms with Gasteiger partial charge in [0, 0.05) is 16.7 Å². The summed E-state index contributed by atoms with van der Waals surface area (Å²) in [4.78, 5) is 11.4. The molecule has 0 saturated heterocycles. The number of aliphatic hydroxyl groups excluding tert-OH is 2. The molecular weight excluding hydrogens is 448 g/mol. The lowest BCUT2D eigenvalue weighted by atomic mass is 9.61. The van der Waals surface area contributed by atoms with Crippen molar-refractivity contribution in [3.05, 3.63) is 70.8 Å². The fraction of sp³-hybridized carbons (Fsp3) is 0.552. The van der Waals surface area contributed by atoms with Crippen LogP contribution in [-0.4, -0.2) is 32.8 Å². The van der Waals surface area contributed by atoms with Gasteiger partial charge >= 0.3 is 5.97 Å². The van der Waals surface area contributed by atoms with Gasteiger partial charge in [0.15, 0.2) is 0 Å². The van der Waals surface area contributed by atoms with E-state index >= 15 is 0 Å². The number of aliphatic carboxylic acids is 1. The number of rotatable bonds is 9. The summed E-state index contributed by atoms with van der Waals surface area (Å²) in [6, 6.07) is 15.8. The summed E-state index contributed by atoms with van der Waals surface area (Å²) in [6.45, 7) is 3.87. The Balaban J connectivity index is 1.59. The van der Waals surface area contributed by atoms with E-state index < -0.39 is 24.1 Å². The minimum atomic E-state index is -0.843. The van der Waals surface area contributed by atoms with E-state index in [1.165, 1.54) is 6.42 Å². The molecule has 2 aliphatic carbocycles. The first kappa shape index (κ1) is 25.2. The SMILES string of the molecule is CCCC1(C(O)c2cccc([C@@H]3[C@@H](Cc4cccc(C(C)C(=O)O)c4)[C@H](Cl)C[C@H]3O)c2)CCC1. The van der Waals surface area contributed by atoms with Crippen molar-refractivity contribution in [2.24, 2.45) is 11.3 Å². The molecule has 0 aliphatic heterocycles. The van der Waals surface area contributed by atoms with E-state index in [-0.39, 0.29) is 22.6 Å². The summed E-state index contributed by atoms with van der Waals surface area (Å²) >= 11 is 6.76. The predicted molar refractivity (Wildman–Crippen MR) is 135 cm³/mol. The third-order valence-corrected chi connectivity index (χ3v) is 8.89. The zero-order valence-electron chi connectivity index (χ0n) is 20.2. The largest absolute Gasteiger partial charge is 0.481 e. The van der Waals surface area contributed by atoms with Gasteiger partial charge in [0.05, 0.1) is 18.1 Å². The van der Waals surface area contributed by atoms with E-state index in [4.69, 9.17) is 11.6 Å². The molecule has 2 aromatic rings. The van der Waals surface area contributed by atoms with E-state index in [0.717, 1.165) is 47.9 Å². The quantitative estimate of drug-likeness (QED) is 0.370. The Morgan fingerprint density at radius 3 is 2.50 bits per heavy atom. The molecule has 2 fully saturated rings. The Morgan fingerprint density at radius 2 is 1.85 bits per heavy atom. The molecule has 0 bridgehead atoms. The van der Waals surface area contributed by atoms with Crippen LogP contribution in [-0.2, 0) is 11.2 Å². The fourth-order valence-corrected chi connectivity index (χ4v) is 6.70. The monoisotopic (exact) mass is 484 g/mol. The number of hydrogen-bond donors (Lipinski definition) is 3. The van der Waals surface area contributed by atoms with E-state index in [0.29, 0.717) is 12.8 Å². The first-order valence-electron chi connectivity index (χ1n) is 12.7. The molecule has 0 amide bonds. The highest BCUT2D eigenvalue weighted by molar-refractivity contribution is 6.21. The van der Waals surface area contributed by atoms with Gasteiger partial charge in [-0.25, -0.2) is 0 Å². The summed E-state index contributed by atoms with van der Waals surface area (Å²) in [5, 5.41) is 31.5. The van der Waals surface area contributed by atoms with Crippen molar-refractivity contribution in [2.75, 3.05) is 0 Å². The maximum Gasteiger partial charge on any atom is 0.310 e. The number of alkyl halides is 1. The molecule has 0 radical (unpaired) electrons. The second kappa shape index (κ2) is 10.4. The van der Waals surface area contributed by atoms with Crippen molar-refractivity contribution >= 4 is 17.6 Å². The van der Waals surface area contributed by atoms with Crippen molar-refractivity contribution in [1.82, 2.24) is 0 Å². The van der Waals surface area contributed by atoms with Gasteiger partial charge in [-0.05, 0) is 67.2 Å². The fourth-order valence-electron chi connectivity index (χ4n) is 6.27. The van der Waals surface area contributed by atoms with E-state index in [2.05, 4.69) is 13.0 Å². The third-order valence-electron chi connectivity index (χ3n) is 8.39. The van der Waals surface area contributed by atoms with Gasteiger partial charge in [-0.3, -0.25) is 4.79 Å². The lowest BCUT2D eigenvalue weighted by Crippen LogP contribution is -2.36. The highest BCUT2D eigenvalue weighted by Gasteiger charge is 2.45. The minimum absolute atomic E-state index is 0.0165. The Kier molecular flexibility index (Phi) is 7.71. The molecule has 0 heterocycles. The Labute approximate surface area is 208 Å². The van der Waals surface area contributed by atoms with Crippen LogP contribution in [0.5, 0.6) is 0 Å². The Bertz CT molecular complexity index is 1000. The topological polar surface area (TPSA) is 77.8 Å². The number of aliphatic hydroxyl groups is 2. The van der Waals surface area contributed by atoms with E-state index in [9.17, 15) is 20.1 Å². The van der Waals surface area contributed by atoms with Gasteiger partial charge in [-0.15, -0.1) is 11.6 Å². The predicted octanol–water partition coefficient (Wildman–Crippen LogP) is 6.19. The Hall–Kier alpha value is -1.88. The number of carboxylic acids is 1. The summed E-state index contributed by atoms with van der Waals surface area (Å²) < 4.78 is 0. The van der Waals surface area contributed by atoms with E-state index in [1.807, 2.05) is 42.5 Å². The number of carbonyl (C=O) groups is 1. The molecule has 4 rings (SSSR count). The molecule has 184 valence electrons. The van der Waals surface area contributed by atoms with Crippen LogP contribution in [0.4, 0.5) is 0 Å². The standard InChI is InChI=1S/C29H37ClO4/c1-3-11-29(12-6-13-29)27(32)22-10-5-9-21(16-22)26-23(24(30)17-25(26)31)15-19-7-4-8-20(14-19)18(2)28(33)34/h4-5,7-10,14,16,18,23-27,31-32H,3,6,11-13,15,17H2,1-2H3,(H,33,34)/t18?,23-,24+,25+,26+,27?/m0/s1. The van der Waals surface area contributed by atoms with Crippen LogP contribution in [0.2, 0.25) is 0 Å². The van der Waals surface area contributed by atoms with Crippen LogP contribution in [0.3, 0.4) is 0 Å². The molecule has 6 atom stereocenters. The first-order chi connectivity index (χ1) is 16.3. The molecule has 2 unspecified atom stereocenters. The summed E-state index contributed by atoms with van der Waals surface area (Å²) in [7, 11) is 0. The van der Waals surface area contributed by atoms with Gasteiger partial charge in [-0.2, -0.15) is 0 Å². The molecule has 2 aliphatic rings. The van der Waals surface area contributed by atoms with Gasteiger partial charge < -0.3 is 15.3 Å². The lowest BCUT2D eigenvalue weighted by molar-refractivity contribution is -0.138. The second-order valence-electron chi connectivity index (χ2n) is 10.6. The van der Waals surface area contributed by atoms with Crippen LogP contribution >= 0.6 is 11.6 Å². The number of benzene rings is 2. The molecule has 34 heavy (non-hydrogen) atoms. The van der Waals surface area contributed by atoms with E-state index in [1.54, 1.807) is 6.92 Å². The van der Waals surface area contributed by atoms with Gasteiger partial charge in [0.25, 0.3) is 0 Å². The molecule has 5 heteroatoms. The van der Waals surface area contributed by atoms with Crippen LogP contribution in [0, 0.1) is 11.3 Å². The van der Waals surface area contributed by atoms with Crippen molar-refractivity contribution in [3.63, 3.8) is 0 Å². The van der Waals surface area contributed by atoms with Crippen molar-refractivity contribution < 1.29 is 20.1 Å². The van der Waals surface area contributed by atoms with Crippen molar-refractivity contribution in [3.8, 4) is 0 Å². The molecule has 4 nitrogen and oxygen atoms in total. The van der Waals surface area contributed by atoms with Crippen molar-refractivity contribution in [2.45, 2.75) is 88.2 Å². The third kappa shape index (κ3) is 4.91. The first-order valence-corrected chi connectivity index (χ1v) is 13.1. The van der Waals surface area contributed by atoms with Crippen LogP contribution in [0.15, 0.2) is 48.5 Å². The Morgan fingerprint density at radius 1 is 1.15 bits per heavy atom. The maximum atomic E-state index is 11.4. The zero-order valence-corrected chi connectivity index (χ0v) is 20.9. The highest BCUT2D eigenvalue weighted by Crippen LogP contribution is 2.54. The molecular formula is C29H37ClO4. The van der Waals surface area contributed by atoms with Gasteiger partial charge in [0.1, 0.15) is 0 Å². The number of halogens is 1. The highest BCUT2D eigenvalue weighted by atomic mass is 35.5. The lowest BCUT2D eigenvalue weighted by Gasteiger charge is -2.46. The summed E-state index contributed by atoms with van der Waals surface area (Å²) in [6.07, 6.45) is 5.56. The van der Waals surface area contributed by atoms with Crippen LogP contribution in [0.25, 0.3) is 0 Å². The molecule has 0 aromatic heterocycles. The molecule has 0 spiro atoms. The minimum Gasteiger partial charge on any atom is -0.481 e. The molecule has 3 N–H and O–H groups in total. The smallest absolute Gasteiger partial charge is 0.310 e. The van der Waals surface area contributed by atoms with Crippen molar-refractivity contribution in [1.29, 1.82) is 0 Å². The van der Waals surface area contributed by atoms with Gasteiger partial charge in [0.2, 0.25) is 0 Å². The molecule has 2 saturated carbocycles. The average Bonchev–Trinajstić information content (AvgIpc) is 3.08. The van der Waals surface area contributed by atoms with Crippen LogP contribution in [0.1, 0.15) is 92.6 Å². The number of carboxylic acid groups (broad SMARTS) is 1. The van der Waals surface area contributed by atoms with Crippen LogP contribution < -0.4 is 0 Å². The molecule has 2 aromatic carbocycles. The number of hydrogen-bond acceptors (Lipinski definition) is 3. The van der Waals surface area contributed by atoms with Gasteiger partial charge in [-0.1, -0.05) is 68.3 Å². The normalized spacial score (nSPS) is 27.7. The zero-order chi connectivity index (χ0) is 24.5. The summed E-state index contributed by atoms with van der Waals surface area (Å²) in [5.74, 6) is -1.52.